The van der Waals surface area contributed by atoms with Crippen molar-refractivity contribution in [3.63, 3.8) is 0 Å². The van der Waals surface area contributed by atoms with Crippen LogP contribution in [0.3, 0.4) is 0 Å². The molecule has 7 heteroatoms. The lowest BCUT2D eigenvalue weighted by Crippen LogP contribution is -2.51. The van der Waals surface area contributed by atoms with Crippen molar-refractivity contribution < 1.29 is 9.59 Å². The number of nitrogens with zero attached hydrogens (tertiary/aromatic N) is 3. The maximum Gasteiger partial charge on any atom is 0.326 e. The molecule has 2 heterocycles. The first-order valence-corrected chi connectivity index (χ1v) is 9.67. The molecule has 3 amide bonds. The maximum absolute atomic E-state index is 12.7. The number of rotatable bonds is 5. The summed E-state index contributed by atoms with van der Waals surface area (Å²) in [6.45, 7) is 6.71. The number of hydrogen-bond donors (Lipinski definition) is 1. The Labute approximate surface area is 159 Å². The first-order valence-electron chi connectivity index (χ1n) is 9.29. The molecule has 1 atom stereocenters. The first kappa shape index (κ1) is 17.8. The molecule has 3 fully saturated rings. The lowest BCUT2D eigenvalue weighted by molar-refractivity contribution is -0.133. The molecular formula is C19H25ClN4O2. The summed E-state index contributed by atoms with van der Waals surface area (Å²) in [5.41, 5.74) is 0.560. The van der Waals surface area contributed by atoms with Gasteiger partial charge >= 0.3 is 6.03 Å². The van der Waals surface area contributed by atoms with Crippen LogP contribution in [0.4, 0.5) is 4.79 Å². The van der Waals surface area contributed by atoms with Crippen LogP contribution in [0.15, 0.2) is 24.3 Å². The third kappa shape index (κ3) is 3.46. The van der Waals surface area contributed by atoms with Gasteiger partial charge in [-0.2, -0.15) is 0 Å². The SMILES string of the molecule is C[C@]1(C2CC2)NC(=O)N(CN2CCN(Cc3ccc(Cl)cc3)CC2)C1=O. The molecular weight excluding hydrogens is 352 g/mol. The predicted octanol–water partition coefficient (Wildman–Crippen LogP) is 2.14. The summed E-state index contributed by atoms with van der Waals surface area (Å²) < 4.78 is 0. The minimum absolute atomic E-state index is 0.0615. The van der Waals surface area contributed by atoms with Gasteiger partial charge in [-0.1, -0.05) is 23.7 Å². The first-order chi connectivity index (χ1) is 12.5. The number of carbonyl (C=O) groups is 2. The molecule has 1 aromatic carbocycles. The second-order valence-corrected chi connectivity index (χ2v) is 8.24. The van der Waals surface area contributed by atoms with E-state index < -0.39 is 5.54 Å². The summed E-state index contributed by atoms with van der Waals surface area (Å²) in [5, 5.41) is 3.67. The van der Waals surface area contributed by atoms with Crippen molar-refractivity contribution in [2.24, 2.45) is 5.92 Å². The number of benzene rings is 1. The fourth-order valence-corrected chi connectivity index (χ4v) is 4.04. The Hall–Kier alpha value is -1.63. The fraction of sp³-hybridized carbons (Fsp3) is 0.579. The van der Waals surface area contributed by atoms with Crippen molar-refractivity contribution in [2.75, 3.05) is 32.8 Å². The van der Waals surface area contributed by atoms with Crippen molar-refractivity contribution in [2.45, 2.75) is 31.8 Å². The highest BCUT2D eigenvalue weighted by Gasteiger charge is 2.56. The zero-order valence-corrected chi connectivity index (χ0v) is 15.8. The highest BCUT2D eigenvalue weighted by Crippen LogP contribution is 2.42. The molecule has 0 aromatic heterocycles. The smallest absolute Gasteiger partial charge is 0.323 e. The van der Waals surface area contributed by atoms with Crippen LogP contribution in [-0.2, 0) is 11.3 Å². The molecule has 1 N–H and O–H groups in total. The van der Waals surface area contributed by atoms with Gasteiger partial charge in [-0.05, 0) is 43.4 Å². The maximum atomic E-state index is 12.7. The monoisotopic (exact) mass is 376 g/mol. The Kier molecular flexibility index (Phi) is 4.67. The highest BCUT2D eigenvalue weighted by atomic mass is 35.5. The van der Waals surface area contributed by atoms with Gasteiger partial charge in [0.1, 0.15) is 5.54 Å². The standard InChI is InChI=1S/C19H25ClN4O2/c1-19(15-4-5-15)17(25)24(18(26)21-19)13-23-10-8-22(9-11-23)12-14-2-6-16(20)7-3-14/h2-3,6-7,15H,4-5,8-13H2,1H3,(H,21,26)/t19-/m1/s1. The molecule has 0 radical (unpaired) electrons. The van der Waals surface area contributed by atoms with Gasteiger partial charge in [0.05, 0.1) is 6.67 Å². The number of amides is 3. The molecule has 1 aromatic rings. The molecule has 0 spiro atoms. The van der Waals surface area contributed by atoms with Crippen molar-refractivity contribution in [3.05, 3.63) is 34.9 Å². The third-order valence-electron chi connectivity index (χ3n) is 5.82. The van der Waals surface area contributed by atoms with E-state index in [2.05, 4.69) is 27.2 Å². The molecule has 0 unspecified atom stereocenters. The Bertz CT molecular complexity index is 698. The van der Waals surface area contributed by atoms with Gasteiger partial charge < -0.3 is 5.32 Å². The Morgan fingerprint density at radius 1 is 1.08 bits per heavy atom. The zero-order chi connectivity index (χ0) is 18.3. The van der Waals surface area contributed by atoms with Gasteiger partial charge in [-0.3, -0.25) is 14.6 Å². The molecule has 2 saturated heterocycles. The van der Waals surface area contributed by atoms with Crippen LogP contribution in [0.25, 0.3) is 0 Å². The molecule has 26 heavy (non-hydrogen) atoms. The molecule has 3 aliphatic rings. The quantitative estimate of drug-likeness (QED) is 0.800. The van der Waals surface area contributed by atoms with E-state index in [0.717, 1.165) is 50.6 Å². The van der Waals surface area contributed by atoms with Crippen LogP contribution < -0.4 is 5.32 Å². The van der Waals surface area contributed by atoms with Gasteiger partial charge in [0.25, 0.3) is 5.91 Å². The zero-order valence-electron chi connectivity index (χ0n) is 15.1. The number of urea groups is 1. The van der Waals surface area contributed by atoms with Crippen LogP contribution in [0.2, 0.25) is 5.02 Å². The number of nitrogens with one attached hydrogen (secondary N) is 1. The predicted molar refractivity (Wildman–Crippen MR) is 99.7 cm³/mol. The second-order valence-electron chi connectivity index (χ2n) is 7.80. The van der Waals surface area contributed by atoms with Gasteiger partial charge in [0, 0.05) is 37.7 Å². The van der Waals surface area contributed by atoms with E-state index >= 15 is 0 Å². The van der Waals surface area contributed by atoms with E-state index in [9.17, 15) is 9.59 Å². The fourth-order valence-electron chi connectivity index (χ4n) is 3.92. The largest absolute Gasteiger partial charge is 0.326 e. The van der Waals surface area contributed by atoms with Gasteiger partial charge in [0.2, 0.25) is 0 Å². The number of piperazine rings is 1. The van der Waals surface area contributed by atoms with Gasteiger partial charge in [0.15, 0.2) is 0 Å². The summed E-state index contributed by atoms with van der Waals surface area (Å²) in [5.74, 6) is 0.244. The molecule has 6 nitrogen and oxygen atoms in total. The van der Waals surface area contributed by atoms with Crippen molar-refractivity contribution in [3.8, 4) is 0 Å². The number of hydrogen-bond acceptors (Lipinski definition) is 4. The van der Waals surface area contributed by atoms with Crippen molar-refractivity contribution in [1.82, 2.24) is 20.0 Å². The Morgan fingerprint density at radius 3 is 2.31 bits per heavy atom. The van der Waals surface area contributed by atoms with Crippen LogP contribution in [0.1, 0.15) is 25.3 Å². The topological polar surface area (TPSA) is 55.9 Å². The minimum atomic E-state index is -0.687. The highest BCUT2D eigenvalue weighted by molar-refractivity contribution is 6.30. The van der Waals surface area contributed by atoms with Crippen LogP contribution in [0, 0.1) is 5.92 Å². The normalized spacial score (nSPS) is 27.8. The number of halogens is 1. The summed E-state index contributed by atoms with van der Waals surface area (Å²) in [4.78, 5) is 31.0. The summed E-state index contributed by atoms with van der Waals surface area (Å²) in [6.07, 6.45) is 2.06. The van der Waals surface area contributed by atoms with E-state index in [1.165, 1.54) is 10.5 Å². The number of carbonyl (C=O) groups excluding carboxylic acids is 2. The summed E-state index contributed by atoms with van der Waals surface area (Å²) in [6, 6.07) is 7.71. The summed E-state index contributed by atoms with van der Waals surface area (Å²) >= 11 is 5.94. The van der Waals surface area contributed by atoms with E-state index in [1.54, 1.807) is 0 Å². The van der Waals surface area contributed by atoms with E-state index in [-0.39, 0.29) is 11.9 Å². The molecule has 0 bridgehead atoms. The molecule has 2 aliphatic heterocycles. The van der Waals surface area contributed by atoms with Crippen LogP contribution in [-0.4, -0.2) is 65.0 Å². The summed E-state index contributed by atoms with van der Waals surface area (Å²) in [7, 11) is 0. The Morgan fingerprint density at radius 2 is 1.69 bits per heavy atom. The van der Waals surface area contributed by atoms with Crippen molar-refractivity contribution >= 4 is 23.5 Å². The van der Waals surface area contributed by atoms with E-state index in [0.29, 0.717) is 12.6 Å². The third-order valence-corrected chi connectivity index (χ3v) is 6.07. The molecule has 1 saturated carbocycles. The Balaban J connectivity index is 1.29. The number of imide groups is 1. The molecule has 1 aliphatic carbocycles. The van der Waals surface area contributed by atoms with Crippen LogP contribution >= 0.6 is 11.6 Å². The lowest BCUT2D eigenvalue weighted by atomic mass is 9.96. The molecule has 140 valence electrons. The molecule has 4 rings (SSSR count). The second kappa shape index (κ2) is 6.83. The minimum Gasteiger partial charge on any atom is -0.323 e. The lowest BCUT2D eigenvalue weighted by Gasteiger charge is -2.36. The van der Waals surface area contributed by atoms with E-state index in [1.807, 2.05) is 19.1 Å². The van der Waals surface area contributed by atoms with Crippen molar-refractivity contribution in [1.29, 1.82) is 0 Å². The van der Waals surface area contributed by atoms with Gasteiger partial charge in [-0.15, -0.1) is 0 Å². The van der Waals surface area contributed by atoms with E-state index in [4.69, 9.17) is 11.6 Å². The average molecular weight is 377 g/mol. The average Bonchev–Trinajstić information content (AvgIpc) is 3.45. The van der Waals surface area contributed by atoms with Gasteiger partial charge in [-0.25, -0.2) is 9.69 Å². The van der Waals surface area contributed by atoms with Crippen LogP contribution in [0.5, 0.6) is 0 Å².